The smallest absolute Gasteiger partial charge is 0.327 e. The predicted octanol–water partition coefficient (Wildman–Crippen LogP) is 2.90. The number of nitrogens with one attached hydrogen (secondary N) is 1. The highest BCUT2D eigenvalue weighted by atomic mass is 16.5. The number of H-pyrrole nitrogens is 1. The lowest BCUT2D eigenvalue weighted by atomic mass is 10.0. The second kappa shape index (κ2) is 10.4. The lowest BCUT2D eigenvalue weighted by Gasteiger charge is -2.22. The topological polar surface area (TPSA) is 106 Å². The molecule has 0 saturated heterocycles. The van der Waals surface area contributed by atoms with E-state index < -0.39 is 5.97 Å². The third-order valence-corrected chi connectivity index (χ3v) is 5.83. The molecule has 2 aromatic heterocycles. The van der Waals surface area contributed by atoms with E-state index in [1.807, 2.05) is 56.3 Å². The van der Waals surface area contributed by atoms with Crippen LogP contribution in [0.2, 0.25) is 0 Å². The van der Waals surface area contributed by atoms with Crippen molar-refractivity contribution in [3.63, 3.8) is 0 Å². The number of benzene rings is 2. The molecule has 9 nitrogen and oxygen atoms in total. The van der Waals surface area contributed by atoms with Crippen molar-refractivity contribution in [2.24, 2.45) is 0 Å². The van der Waals surface area contributed by atoms with Gasteiger partial charge in [-0.25, -0.2) is 4.68 Å². The highest BCUT2D eigenvalue weighted by Gasteiger charge is 2.17. The molecule has 0 aliphatic rings. The van der Waals surface area contributed by atoms with E-state index >= 15 is 0 Å². The number of fused-ring (bicyclic) bond motifs is 1. The van der Waals surface area contributed by atoms with Crippen LogP contribution in [-0.4, -0.2) is 42.7 Å². The molecule has 0 aliphatic heterocycles. The number of rotatable bonds is 9. The molecule has 34 heavy (non-hydrogen) atoms. The molecular formula is C25H28N6O3. The SMILES string of the molecule is CCOC(=O)Cn1nnnc1CN(Cc1ccccc1)Cc1cc2ccc(C)c(C)c2[nH]c1=O. The molecule has 0 saturated carbocycles. The largest absolute Gasteiger partial charge is 0.465 e. The van der Waals surface area contributed by atoms with Gasteiger partial charge in [-0.15, -0.1) is 5.10 Å². The van der Waals surface area contributed by atoms with Crippen molar-refractivity contribution in [1.29, 1.82) is 0 Å². The first kappa shape index (κ1) is 23.3. The molecule has 0 bridgehead atoms. The average Bonchev–Trinajstić information content (AvgIpc) is 3.24. The van der Waals surface area contributed by atoms with Crippen molar-refractivity contribution in [3.05, 3.63) is 87.0 Å². The Balaban J connectivity index is 1.63. The molecule has 0 unspecified atom stereocenters. The van der Waals surface area contributed by atoms with Gasteiger partial charge in [0.05, 0.1) is 18.7 Å². The molecule has 176 valence electrons. The fraction of sp³-hybridized carbons (Fsp3) is 0.320. The van der Waals surface area contributed by atoms with Crippen LogP contribution in [0.1, 0.15) is 35.0 Å². The summed E-state index contributed by atoms with van der Waals surface area (Å²) in [7, 11) is 0. The number of tetrazole rings is 1. The van der Waals surface area contributed by atoms with Gasteiger partial charge in [0.1, 0.15) is 6.54 Å². The first-order chi connectivity index (χ1) is 16.4. The Bertz CT molecular complexity index is 1350. The minimum atomic E-state index is -0.401. The fourth-order valence-corrected chi connectivity index (χ4v) is 3.93. The van der Waals surface area contributed by atoms with Crippen LogP contribution in [0.3, 0.4) is 0 Å². The number of aryl methyl sites for hydroxylation is 2. The van der Waals surface area contributed by atoms with Crippen molar-refractivity contribution < 1.29 is 9.53 Å². The van der Waals surface area contributed by atoms with Crippen molar-refractivity contribution in [2.45, 2.75) is 47.0 Å². The lowest BCUT2D eigenvalue weighted by Crippen LogP contribution is -2.28. The van der Waals surface area contributed by atoms with Gasteiger partial charge in [-0.1, -0.05) is 42.5 Å². The first-order valence-electron chi connectivity index (χ1n) is 11.2. The molecule has 4 aromatic rings. The number of ether oxygens (including phenoxy) is 1. The summed E-state index contributed by atoms with van der Waals surface area (Å²) in [6.45, 7) is 7.35. The van der Waals surface area contributed by atoms with Crippen LogP contribution in [0.15, 0.2) is 53.3 Å². The highest BCUT2D eigenvalue weighted by Crippen LogP contribution is 2.20. The number of carbonyl (C=O) groups is 1. The Morgan fingerprint density at radius 2 is 1.88 bits per heavy atom. The Morgan fingerprint density at radius 3 is 2.65 bits per heavy atom. The van der Waals surface area contributed by atoms with Crippen molar-refractivity contribution in [2.75, 3.05) is 6.61 Å². The third kappa shape index (κ3) is 5.37. The second-order valence-electron chi connectivity index (χ2n) is 8.28. The van der Waals surface area contributed by atoms with Gasteiger partial charge in [0.25, 0.3) is 5.56 Å². The van der Waals surface area contributed by atoms with Crippen LogP contribution in [0.5, 0.6) is 0 Å². The van der Waals surface area contributed by atoms with E-state index in [4.69, 9.17) is 4.74 Å². The maximum Gasteiger partial charge on any atom is 0.327 e. The number of pyridine rings is 1. The van der Waals surface area contributed by atoms with E-state index in [1.54, 1.807) is 6.92 Å². The normalized spacial score (nSPS) is 11.3. The molecule has 4 rings (SSSR count). The molecule has 0 amide bonds. The quantitative estimate of drug-likeness (QED) is 0.383. The van der Waals surface area contributed by atoms with Gasteiger partial charge in [-0.05, 0) is 59.3 Å². The van der Waals surface area contributed by atoms with Gasteiger partial charge in [-0.2, -0.15) is 0 Å². The van der Waals surface area contributed by atoms with Crippen molar-refractivity contribution in [3.8, 4) is 0 Å². The van der Waals surface area contributed by atoms with E-state index in [1.165, 1.54) is 4.68 Å². The average molecular weight is 461 g/mol. The molecule has 0 aliphatic carbocycles. The van der Waals surface area contributed by atoms with Crippen molar-refractivity contribution >= 4 is 16.9 Å². The summed E-state index contributed by atoms with van der Waals surface area (Å²) < 4.78 is 6.46. The van der Waals surface area contributed by atoms with Crippen LogP contribution in [0, 0.1) is 13.8 Å². The number of esters is 1. The van der Waals surface area contributed by atoms with Crippen molar-refractivity contribution in [1.82, 2.24) is 30.1 Å². The zero-order chi connectivity index (χ0) is 24.1. The summed E-state index contributed by atoms with van der Waals surface area (Å²) >= 11 is 0. The molecule has 2 heterocycles. The van der Waals surface area contributed by atoms with Gasteiger partial charge in [0, 0.05) is 18.7 Å². The number of carbonyl (C=O) groups excluding carboxylic acids is 1. The predicted molar refractivity (Wildman–Crippen MR) is 128 cm³/mol. The molecule has 0 spiro atoms. The van der Waals surface area contributed by atoms with E-state index in [0.29, 0.717) is 37.6 Å². The molecule has 1 N–H and O–H groups in total. The zero-order valence-electron chi connectivity index (χ0n) is 19.6. The van der Waals surface area contributed by atoms with Gasteiger partial charge >= 0.3 is 5.97 Å². The molecule has 2 aromatic carbocycles. The second-order valence-corrected chi connectivity index (χ2v) is 8.28. The number of nitrogens with zero attached hydrogens (tertiary/aromatic N) is 5. The maximum absolute atomic E-state index is 13.0. The third-order valence-electron chi connectivity index (χ3n) is 5.83. The van der Waals surface area contributed by atoms with Gasteiger partial charge < -0.3 is 9.72 Å². The summed E-state index contributed by atoms with van der Waals surface area (Å²) in [4.78, 5) is 30.1. The minimum absolute atomic E-state index is 0.0649. The first-order valence-corrected chi connectivity index (χ1v) is 11.2. The Labute approximate surface area is 197 Å². The standard InChI is InChI=1S/C25H28N6O3/c1-4-34-23(32)16-31-22(27-28-29-31)15-30(13-19-8-6-5-7-9-19)14-21-12-20-11-10-17(2)18(3)24(20)26-25(21)33/h5-12H,4,13-16H2,1-3H3,(H,26,33). The lowest BCUT2D eigenvalue weighted by molar-refractivity contribution is -0.144. The number of hydrogen-bond acceptors (Lipinski definition) is 7. The summed E-state index contributed by atoms with van der Waals surface area (Å²) in [5.41, 5.74) is 4.69. The Kier molecular flexibility index (Phi) is 7.12. The highest BCUT2D eigenvalue weighted by molar-refractivity contribution is 5.83. The summed E-state index contributed by atoms with van der Waals surface area (Å²) in [5, 5.41) is 12.8. The van der Waals surface area contributed by atoms with E-state index in [-0.39, 0.29) is 12.1 Å². The Morgan fingerprint density at radius 1 is 1.09 bits per heavy atom. The number of aromatic nitrogens is 5. The van der Waals surface area contributed by atoms with Crippen LogP contribution in [0.4, 0.5) is 0 Å². The van der Waals surface area contributed by atoms with Crippen LogP contribution in [-0.2, 0) is 35.7 Å². The molecule has 0 radical (unpaired) electrons. The van der Waals surface area contributed by atoms with Gasteiger partial charge in [0.2, 0.25) is 0 Å². The van der Waals surface area contributed by atoms with Crippen LogP contribution in [0.25, 0.3) is 10.9 Å². The minimum Gasteiger partial charge on any atom is -0.465 e. The van der Waals surface area contributed by atoms with Crippen LogP contribution < -0.4 is 5.56 Å². The maximum atomic E-state index is 13.0. The summed E-state index contributed by atoms with van der Waals surface area (Å²) in [5.74, 6) is 0.120. The number of hydrogen-bond donors (Lipinski definition) is 1. The molecule has 0 atom stereocenters. The fourth-order valence-electron chi connectivity index (χ4n) is 3.93. The van der Waals surface area contributed by atoms with Gasteiger partial charge in [-0.3, -0.25) is 14.5 Å². The van der Waals surface area contributed by atoms with E-state index in [9.17, 15) is 9.59 Å². The summed E-state index contributed by atoms with van der Waals surface area (Å²) in [6.07, 6.45) is 0. The van der Waals surface area contributed by atoms with Gasteiger partial charge in [0.15, 0.2) is 5.82 Å². The van der Waals surface area contributed by atoms with E-state index in [2.05, 4.69) is 31.5 Å². The number of aromatic amines is 1. The van der Waals surface area contributed by atoms with Crippen LogP contribution >= 0.6 is 0 Å². The molecule has 9 heteroatoms. The zero-order valence-corrected chi connectivity index (χ0v) is 19.6. The molecular weight excluding hydrogens is 432 g/mol. The van der Waals surface area contributed by atoms with E-state index in [0.717, 1.165) is 27.6 Å². The Hall–Kier alpha value is -3.85. The monoisotopic (exact) mass is 460 g/mol. The summed E-state index contributed by atoms with van der Waals surface area (Å²) in [6, 6.07) is 16.0. The molecule has 0 fully saturated rings.